The van der Waals surface area contributed by atoms with Crippen LogP contribution >= 0.6 is 0 Å². The van der Waals surface area contributed by atoms with Crippen molar-refractivity contribution < 1.29 is 27.1 Å². The Bertz CT molecular complexity index is 1120. The monoisotopic (exact) mass is 507 g/mol. The van der Waals surface area contributed by atoms with E-state index in [1.54, 1.807) is 25.3 Å². The van der Waals surface area contributed by atoms with Crippen LogP contribution in [0.5, 0.6) is 0 Å². The smallest absolute Gasteiger partial charge is 0.421 e. The van der Waals surface area contributed by atoms with Crippen LogP contribution in [0.1, 0.15) is 42.3 Å². The molecule has 10 nitrogen and oxygen atoms in total. The van der Waals surface area contributed by atoms with Crippen LogP contribution in [0, 0.1) is 6.92 Å². The zero-order valence-corrected chi connectivity index (χ0v) is 20.0. The van der Waals surface area contributed by atoms with Gasteiger partial charge in [0.2, 0.25) is 11.8 Å². The van der Waals surface area contributed by atoms with Gasteiger partial charge < -0.3 is 19.4 Å². The number of carbonyl (C=O) groups excluding carboxylic acids is 1. The van der Waals surface area contributed by atoms with Gasteiger partial charge in [0.1, 0.15) is 17.1 Å². The van der Waals surface area contributed by atoms with Gasteiger partial charge in [-0.2, -0.15) is 18.2 Å². The van der Waals surface area contributed by atoms with Crippen LogP contribution in [0.2, 0.25) is 0 Å². The fourth-order valence-corrected chi connectivity index (χ4v) is 3.90. The van der Waals surface area contributed by atoms with E-state index < -0.39 is 17.8 Å². The van der Waals surface area contributed by atoms with E-state index in [-0.39, 0.29) is 30.8 Å². The second-order valence-corrected chi connectivity index (χ2v) is 8.65. The first-order valence-corrected chi connectivity index (χ1v) is 11.6. The number of nitrogens with zero attached hydrogens (tertiary/aromatic N) is 5. The molecule has 4 rings (SSSR count). The van der Waals surface area contributed by atoms with E-state index in [4.69, 9.17) is 9.15 Å². The summed E-state index contributed by atoms with van der Waals surface area (Å²) >= 11 is 0. The van der Waals surface area contributed by atoms with Gasteiger partial charge in [0, 0.05) is 31.4 Å². The zero-order chi connectivity index (χ0) is 25.7. The lowest BCUT2D eigenvalue weighted by Crippen LogP contribution is -2.29. The minimum atomic E-state index is -4.65. The Kier molecular flexibility index (Phi) is 7.77. The topological polar surface area (TPSA) is 109 Å². The van der Waals surface area contributed by atoms with Crippen molar-refractivity contribution in [3.63, 3.8) is 0 Å². The Morgan fingerprint density at radius 3 is 2.72 bits per heavy atom. The number of anilines is 3. The summed E-state index contributed by atoms with van der Waals surface area (Å²) in [4.78, 5) is 27.8. The third kappa shape index (κ3) is 6.33. The molecule has 0 aliphatic carbocycles. The van der Waals surface area contributed by atoms with E-state index in [0.29, 0.717) is 23.9 Å². The van der Waals surface area contributed by atoms with Gasteiger partial charge in [-0.15, -0.1) is 0 Å². The number of nitrogens with one attached hydrogen (secondary N) is 2. The highest BCUT2D eigenvalue weighted by atomic mass is 19.4. The molecule has 1 fully saturated rings. The number of hydrogen-bond donors (Lipinski definition) is 2. The largest absolute Gasteiger partial charge is 0.424 e. The lowest BCUT2D eigenvalue weighted by atomic mass is 9.97. The van der Waals surface area contributed by atoms with Crippen LogP contribution in [-0.4, -0.2) is 64.1 Å². The number of cyclic esters (lactones) is 1. The lowest BCUT2D eigenvalue weighted by Gasteiger charge is -2.26. The van der Waals surface area contributed by atoms with Crippen LogP contribution in [-0.2, 0) is 10.9 Å². The molecule has 2 aliphatic heterocycles. The molecule has 0 atom stereocenters. The summed E-state index contributed by atoms with van der Waals surface area (Å²) in [6, 6.07) is 0. The quantitative estimate of drug-likeness (QED) is 0.495. The summed E-state index contributed by atoms with van der Waals surface area (Å²) in [5, 5.41) is 5.57. The number of alkyl halides is 3. The highest BCUT2D eigenvalue weighted by Crippen LogP contribution is 2.35. The Hall–Kier alpha value is -3.61. The highest BCUT2D eigenvalue weighted by Gasteiger charge is 2.35. The number of carbonyl (C=O) groups is 1. The first kappa shape index (κ1) is 25.5. The maximum Gasteiger partial charge on any atom is 0.421 e. The van der Waals surface area contributed by atoms with Gasteiger partial charge in [-0.1, -0.05) is 0 Å². The molecular weight excluding hydrogens is 479 g/mol. The average Bonchev–Trinajstić information content (AvgIpc) is 3.06. The SMILES string of the molecule is Cc1nc(C2CCN(C)CC2)oc1Nc1ncc(C(F)(F)F)c(NCCCN2C=CC=COC2=O)n1. The fraction of sp³-hybridized carbons (Fsp3) is 0.478. The molecule has 0 saturated carbocycles. The number of oxazole rings is 1. The third-order valence-electron chi connectivity index (χ3n) is 5.93. The zero-order valence-electron chi connectivity index (χ0n) is 20.0. The molecule has 2 N–H and O–H groups in total. The summed E-state index contributed by atoms with van der Waals surface area (Å²) in [5.74, 6) is 0.667. The summed E-state index contributed by atoms with van der Waals surface area (Å²) in [6.07, 6.45) is 3.70. The lowest BCUT2D eigenvalue weighted by molar-refractivity contribution is -0.137. The molecule has 0 radical (unpaired) electrons. The Morgan fingerprint density at radius 1 is 1.19 bits per heavy atom. The van der Waals surface area contributed by atoms with Crippen LogP contribution in [0.15, 0.2) is 35.2 Å². The number of piperidine rings is 1. The van der Waals surface area contributed by atoms with Gasteiger partial charge in [-0.05, 0) is 58.5 Å². The first-order valence-electron chi connectivity index (χ1n) is 11.6. The molecule has 0 spiro atoms. The molecule has 13 heteroatoms. The molecular formula is C23H28F3N7O3. The highest BCUT2D eigenvalue weighted by molar-refractivity contribution is 5.70. The molecule has 1 amide bonds. The number of rotatable bonds is 8. The van der Waals surface area contributed by atoms with E-state index in [2.05, 4.69) is 37.5 Å². The molecule has 0 bridgehead atoms. The van der Waals surface area contributed by atoms with Crippen LogP contribution in [0.4, 0.5) is 35.6 Å². The maximum atomic E-state index is 13.5. The fourth-order valence-electron chi connectivity index (χ4n) is 3.90. The van der Waals surface area contributed by atoms with Crippen molar-refractivity contribution in [2.75, 3.05) is 43.9 Å². The predicted octanol–water partition coefficient (Wildman–Crippen LogP) is 4.63. The molecule has 2 aliphatic rings. The molecule has 4 heterocycles. The van der Waals surface area contributed by atoms with Crippen molar-refractivity contribution in [1.29, 1.82) is 0 Å². The van der Waals surface area contributed by atoms with Gasteiger partial charge >= 0.3 is 12.3 Å². The minimum absolute atomic E-state index is 0.0511. The van der Waals surface area contributed by atoms with Crippen molar-refractivity contribution in [3.05, 3.63) is 48.0 Å². The van der Waals surface area contributed by atoms with E-state index in [0.717, 1.165) is 32.1 Å². The number of aryl methyl sites for hydroxylation is 1. The van der Waals surface area contributed by atoms with Crippen molar-refractivity contribution >= 4 is 23.7 Å². The van der Waals surface area contributed by atoms with Gasteiger partial charge in [-0.25, -0.2) is 14.8 Å². The van der Waals surface area contributed by atoms with Crippen LogP contribution in [0.25, 0.3) is 0 Å². The third-order valence-corrected chi connectivity index (χ3v) is 5.93. The number of aromatic nitrogens is 3. The normalized spacial score (nSPS) is 17.2. The van der Waals surface area contributed by atoms with Gasteiger partial charge in [-0.3, -0.25) is 10.2 Å². The number of likely N-dealkylation sites (tertiary alicyclic amines) is 1. The predicted molar refractivity (Wildman–Crippen MR) is 126 cm³/mol. The minimum Gasteiger partial charge on any atom is -0.424 e. The summed E-state index contributed by atoms with van der Waals surface area (Å²) in [7, 11) is 2.06. The van der Waals surface area contributed by atoms with Crippen molar-refractivity contribution in [2.24, 2.45) is 0 Å². The van der Waals surface area contributed by atoms with E-state index in [1.165, 1.54) is 11.2 Å². The van der Waals surface area contributed by atoms with Crippen molar-refractivity contribution in [3.8, 4) is 0 Å². The van der Waals surface area contributed by atoms with Crippen molar-refractivity contribution in [2.45, 2.75) is 38.3 Å². The Balaban J connectivity index is 1.42. The summed E-state index contributed by atoms with van der Waals surface area (Å²) < 4.78 is 51.4. The molecule has 0 unspecified atom stereocenters. The van der Waals surface area contributed by atoms with E-state index >= 15 is 0 Å². The second kappa shape index (κ2) is 11.0. The van der Waals surface area contributed by atoms with Gasteiger partial charge in [0.25, 0.3) is 0 Å². The summed E-state index contributed by atoms with van der Waals surface area (Å²) in [5.41, 5.74) is -0.415. The van der Waals surface area contributed by atoms with Crippen LogP contribution < -0.4 is 10.6 Å². The number of amides is 1. The molecule has 194 valence electrons. The first-order chi connectivity index (χ1) is 17.2. The standard InChI is InChI=1S/C23H28F3N7O3/c1-15-19(36-20(29-15)16-6-11-32(2)12-7-16)31-21-28-14-17(23(24,25)26)18(30-21)27-8-5-10-33-9-3-4-13-35-22(33)34/h3-4,9,13-14,16H,5-8,10-12H2,1-2H3,(H2,27,28,30,31). The number of allylic oxidation sites excluding steroid dienone is 2. The Labute approximate surface area is 206 Å². The number of halogens is 3. The van der Waals surface area contributed by atoms with E-state index in [9.17, 15) is 18.0 Å². The van der Waals surface area contributed by atoms with Crippen molar-refractivity contribution in [1.82, 2.24) is 24.8 Å². The second-order valence-electron chi connectivity index (χ2n) is 8.65. The van der Waals surface area contributed by atoms with Crippen LogP contribution in [0.3, 0.4) is 0 Å². The average molecular weight is 508 g/mol. The molecule has 0 aromatic carbocycles. The molecule has 2 aromatic heterocycles. The maximum absolute atomic E-state index is 13.5. The van der Waals surface area contributed by atoms with Gasteiger partial charge in [0.15, 0.2) is 5.89 Å². The molecule has 36 heavy (non-hydrogen) atoms. The number of ether oxygens (including phenoxy) is 1. The Morgan fingerprint density at radius 2 is 1.97 bits per heavy atom. The number of hydrogen-bond acceptors (Lipinski definition) is 9. The van der Waals surface area contributed by atoms with E-state index in [1.807, 2.05) is 0 Å². The van der Waals surface area contributed by atoms with Gasteiger partial charge in [0.05, 0.1) is 6.26 Å². The molecule has 2 aromatic rings. The summed E-state index contributed by atoms with van der Waals surface area (Å²) in [6.45, 7) is 4.02. The molecule has 1 saturated heterocycles.